The van der Waals surface area contributed by atoms with Crippen LogP contribution in [0.15, 0.2) is 60.7 Å². The van der Waals surface area contributed by atoms with E-state index in [1.165, 1.54) is 7.11 Å². The summed E-state index contributed by atoms with van der Waals surface area (Å²) in [5.41, 5.74) is 0.994. The Morgan fingerprint density at radius 1 is 0.923 bits per heavy atom. The van der Waals surface area contributed by atoms with Crippen LogP contribution < -0.4 is 9.47 Å². The van der Waals surface area contributed by atoms with Gasteiger partial charge in [-0.3, -0.25) is 4.79 Å². The molecule has 0 aromatic heterocycles. The van der Waals surface area contributed by atoms with Crippen LogP contribution in [-0.4, -0.2) is 32.6 Å². The van der Waals surface area contributed by atoms with Crippen molar-refractivity contribution in [2.75, 3.05) is 20.3 Å². The lowest BCUT2D eigenvalue weighted by Gasteiger charge is -2.11. The van der Waals surface area contributed by atoms with E-state index in [2.05, 4.69) is 4.74 Å². The molecule has 3 aromatic rings. The minimum Gasteiger partial charge on any atom is -0.490 e. The molecule has 0 saturated carbocycles. The highest BCUT2D eigenvalue weighted by molar-refractivity contribution is 6.00. The van der Waals surface area contributed by atoms with Crippen LogP contribution in [0.1, 0.15) is 20.7 Å². The van der Waals surface area contributed by atoms with Crippen molar-refractivity contribution in [2.24, 2.45) is 0 Å². The summed E-state index contributed by atoms with van der Waals surface area (Å²) in [6, 6.07) is 18.0. The summed E-state index contributed by atoms with van der Waals surface area (Å²) in [6.07, 6.45) is 0.810. The first-order valence-corrected chi connectivity index (χ1v) is 8.14. The Kier molecular flexibility index (Phi) is 5.49. The van der Waals surface area contributed by atoms with Gasteiger partial charge in [-0.1, -0.05) is 30.3 Å². The third-order valence-electron chi connectivity index (χ3n) is 3.93. The molecule has 0 aliphatic carbocycles. The number of carbonyl (C=O) groups is 2. The van der Waals surface area contributed by atoms with E-state index in [0.29, 0.717) is 29.2 Å². The van der Waals surface area contributed by atoms with Gasteiger partial charge in [-0.05, 0) is 41.1 Å². The van der Waals surface area contributed by atoms with Gasteiger partial charge >= 0.3 is 5.97 Å². The number of aldehydes is 1. The number of methoxy groups -OCH3 is 1. The average molecular weight is 350 g/mol. The lowest BCUT2D eigenvalue weighted by Crippen LogP contribution is -2.10. The van der Waals surface area contributed by atoms with Crippen molar-refractivity contribution in [3.63, 3.8) is 0 Å². The van der Waals surface area contributed by atoms with E-state index in [1.807, 2.05) is 30.3 Å². The Labute approximate surface area is 151 Å². The number of benzene rings is 3. The summed E-state index contributed by atoms with van der Waals surface area (Å²) in [6.45, 7) is 0.598. The quantitative estimate of drug-likeness (QED) is 0.367. The van der Waals surface area contributed by atoms with Crippen molar-refractivity contribution in [1.82, 2.24) is 0 Å². The first-order chi connectivity index (χ1) is 12.7. The van der Waals surface area contributed by atoms with Gasteiger partial charge in [0, 0.05) is 0 Å². The van der Waals surface area contributed by atoms with E-state index < -0.39 is 5.97 Å². The number of ether oxygens (including phenoxy) is 3. The molecule has 0 spiro atoms. The van der Waals surface area contributed by atoms with E-state index in [-0.39, 0.29) is 6.61 Å². The Morgan fingerprint density at radius 2 is 1.65 bits per heavy atom. The molecule has 0 atom stereocenters. The van der Waals surface area contributed by atoms with Crippen molar-refractivity contribution >= 4 is 23.0 Å². The molecular weight excluding hydrogens is 332 g/mol. The predicted octanol–water partition coefficient (Wildman–Crippen LogP) is 3.90. The number of hydrogen-bond donors (Lipinski definition) is 0. The number of carbonyl (C=O) groups excluding carboxylic acids is 2. The Balaban J connectivity index is 1.59. The Morgan fingerprint density at radius 3 is 2.38 bits per heavy atom. The standard InChI is InChI=1S/C21H18O5/c1-24-21(23)16-6-9-17(10-7-16)25-12-13-26-20-11-8-15-4-2-3-5-18(15)19(20)14-22/h2-11,14H,12-13H2,1H3. The topological polar surface area (TPSA) is 61.8 Å². The maximum atomic E-state index is 11.5. The van der Waals surface area contributed by atoms with E-state index in [4.69, 9.17) is 9.47 Å². The fourth-order valence-corrected chi connectivity index (χ4v) is 2.64. The summed E-state index contributed by atoms with van der Waals surface area (Å²) in [7, 11) is 1.34. The zero-order chi connectivity index (χ0) is 18.4. The number of rotatable bonds is 7. The molecule has 132 valence electrons. The highest BCUT2D eigenvalue weighted by atomic mass is 16.5. The number of hydrogen-bond acceptors (Lipinski definition) is 5. The third-order valence-corrected chi connectivity index (χ3v) is 3.93. The maximum absolute atomic E-state index is 11.5. The van der Waals surface area contributed by atoms with Crippen LogP contribution in [0.5, 0.6) is 11.5 Å². The van der Waals surface area contributed by atoms with Gasteiger partial charge < -0.3 is 14.2 Å². The molecule has 26 heavy (non-hydrogen) atoms. The molecule has 0 heterocycles. The van der Waals surface area contributed by atoms with E-state index in [9.17, 15) is 9.59 Å². The molecule has 0 aliphatic heterocycles. The molecule has 0 amide bonds. The van der Waals surface area contributed by atoms with Crippen molar-refractivity contribution in [3.05, 3.63) is 71.8 Å². The van der Waals surface area contributed by atoms with Gasteiger partial charge in [0.2, 0.25) is 0 Å². The summed E-state index contributed by atoms with van der Waals surface area (Å²) >= 11 is 0. The van der Waals surface area contributed by atoms with Gasteiger partial charge in [0.25, 0.3) is 0 Å². The first-order valence-electron chi connectivity index (χ1n) is 8.14. The molecule has 5 heteroatoms. The van der Waals surface area contributed by atoms with Crippen LogP contribution >= 0.6 is 0 Å². The van der Waals surface area contributed by atoms with Gasteiger partial charge in [0.05, 0.1) is 18.2 Å². The maximum Gasteiger partial charge on any atom is 0.337 e. The van der Waals surface area contributed by atoms with Crippen LogP contribution in [0.2, 0.25) is 0 Å². The second-order valence-electron chi connectivity index (χ2n) is 5.53. The minimum absolute atomic E-state index is 0.290. The molecule has 0 unspecified atom stereocenters. The van der Waals surface area contributed by atoms with Crippen LogP contribution in [-0.2, 0) is 4.74 Å². The van der Waals surface area contributed by atoms with Crippen molar-refractivity contribution < 1.29 is 23.8 Å². The lowest BCUT2D eigenvalue weighted by atomic mass is 10.0. The molecule has 3 rings (SSSR count). The Bertz CT molecular complexity index is 915. The average Bonchev–Trinajstić information content (AvgIpc) is 2.70. The molecule has 0 radical (unpaired) electrons. The third kappa shape index (κ3) is 3.83. The Hall–Kier alpha value is -3.34. The first kappa shape index (κ1) is 17.5. The zero-order valence-corrected chi connectivity index (χ0v) is 14.3. The SMILES string of the molecule is COC(=O)c1ccc(OCCOc2ccc3ccccc3c2C=O)cc1. The van der Waals surface area contributed by atoms with Crippen LogP contribution in [0.4, 0.5) is 0 Å². The predicted molar refractivity (Wildman–Crippen MR) is 98.1 cm³/mol. The highest BCUT2D eigenvalue weighted by Gasteiger charge is 2.08. The molecule has 0 fully saturated rings. The summed E-state index contributed by atoms with van der Waals surface area (Å²) in [5, 5.41) is 1.85. The van der Waals surface area contributed by atoms with Crippen molar-refractivity contribution in [1.29, 1.82) is 0 Å². The van der Waals surface area contributed by atoms with Gasteiger partial charge in [-0.15, -0.1) is 0 Å². The summed E-state index contributed by atoms with van der Waals surface area (Å²) in [4.78, 5) is 22.8. The van der Waals surface area contributed by atoms with Crippen LogP contribution in [0, 0.1) is 0 Å². The number of fused-ring (bicyclic) bond motifs is 1. The van der Waals surface area contributed by atoms with Gasteiger partial charge in [0.15, 0.2) is 6.29 Å². The summed E-state index contributed by atoms with van der Waals surface area (Å²) < 4.78 is 15.9. The second-order valence-corrected chi connectivity index (χ2v) is 5.53. The molecule has 0 bridgehead atoms. The normalized spacial score (nSPS) is 10.3. The highest BCUT2D eigenvalue weighted by Crippen LogP contribution is 2.26. The van der Waals surface area contributed by atoms with Crippen molar-refractivity contribution in [3.8, 4) is 11.5 Å². The molecule has 0 aliphatic rings. The smallest absolute Gasteiger partial charge is 0.337 e. The molecule has 3 aromatic carbocycles. The van der Waals surface area contributed by atoms with Crippen LogP contribution in [0.25, 0.3) is 10.8 Å². The van der Waals surface area contributed by atoms with Crippen molar-refractivity contribution in [2.45, 2.75) is 0 Å². The zero-order valence-electron chi connectivity index (χ0n) is 14.3. The molecule has 0 saturated heterocycles. The largest absolute Gasteiger partial charge is 0.490 e. The van der Waals surface area contributed by atoms with Gasteiger partial charge in [-0.2, -0.15) is 0 Å². The van der Waals surface area contributed by atoms with E-state index in [1.54, 1.807) is 30.3 Å². The minimum atomic E-state index is -0.391. The fourth-order valence-electron chi connectivity index (χ4n) is 2.64. The van der Waals surface area contributed by atoms with Crippen LogP contribution in [0.3, 0.4) is 0 Å². The molecular formula is C21H18O5. The summed E-state index contributed by atoms with van der Waals surface area (Å²) in [5.74, 6) is 0.760. The number of esters is 1. The van der Waals surface area contributed by atoms with E-state index >= 15 is 0 Å². The monoisotopic (exact) mass is 350 g/mol. The lowest BCUT2D eigenvalue weighted by molar-refractivity contribution is 0.0600. The van der Waals surface area contributed by atoms with Gasteiger partial charge in [-0.25, -0.2) is 4.79 Å². The van der Waals surface area contributed by atoms with E-state index in [0.717, 1.165) is 17.1 Å². The van der Waals surface area contributed by atoms with Gasteiger partial charge in [0.1, 0.15) is 24.7 Å². The molecule has 5 nitrogen and oxygen atoms in total. The second kappa shape index (κ2) is 8.16. The molecule has 0 N–H and O–H groups in total. The fraction of sp³-hybridized carbons (Fsp3) is 0.143.